The predicted molar refractivity (Wildman–Crippen MR) is 49.4 cm³/mol. The van der Waals surface area contributed by atoms with Crippen molar-refractivity contribution in [3.63, 3.8) is 0 Å². The molecule has 0 spiro atoms. The molecular weight excluding hydrogens is 174 g/mol. The lowest BCUT2D eigenvalue weighted by Crippen LogP contribution is -1.97. The number of ether oxygens (including phenoxy) is 1. The molecule has 0 saturated carbocycles. The number of hydrogen-bond acceptors (Lipinski definition) is 4. The Balaban J connectivity index is 2.96. The van der Waals surface area contributed by atoms with E-state index >= 15 is 0 Å². The second-order valence-corrected chi connectivity index (χ2v) is 3.47. The first-order valence-electron chi connectivity index (χ1n) is 3.65. The van der Waals surface area contributed by atoms with E-state index in [0.29, 0.717) is 10.6 Å². The fourth-order valence-electron chi connectivity index (χ4n) is 0.920. The number of carbonyl (C=O) groups excluding carboxylic acids is 1. The number of methoxy groups -OCH3 is 1. The number of carbonyl (C=O) groups is 1. The lowest BCUT2D eigenvalue weighted by molar-refractivity contribution is 0.0606. The van der Waals surface area contributed by atoms with Crippen molar-refractivity contribution in [3.8, 4) is 0 Å². The molecule has 0 aromatic carbocycles. The third kappa shape index (κ3) is 1.58. The molecule has 1 aromatic heterocycles. The minimum absolute atomic E-state index is 0.314. The minimum Gasteiger partial charge on any atom is -0.465 e. The molecule has 1 rings (SSSR count). The topological polar surface area (TPSA) is 52.3 Å². The molecule has 0 bridgehead atoms. The number of nitrogen functional groups attached to an aromatic ring is 1. The van der Waals surface area contributed by atoms with Crippen molar-refractivity contribution >= 4 is 23.0 Å². The first kappa shape index (κ1) is 9.06. The van der Waals surface area contributed by atoms with Gasteiger partial charge in [-0.3, -0.25) is 0 Å². The summed E-state index contributed by atoms with van der Waals surface area (Å²) in [6.45, 7) is 2.00. The molecule has 1 aromatic rings. The Morgan fingerprint density at radius 3 is 2.83 bits per heavy atom. The molecule has 2 N–H and O–H groups in total. The number of hydrogen-bond donors (Lipinski definition) is 1. The molecular formula is C8H11NO2S. The summed E-state index contributed by atoms with van der Waals surface area (Å²) in [4.78, 5) is 12.6. The van der Waals surface area contributed by atoms with Gasteiger partial charge in [-0.2, -0.15) is 0 Å². The van der Waals surface area contributed by atoms with Gasteiger partial charge in [0, 0.05) is 10.6 Å². The summed E-state index contributed by atoms with van der Waals surface area (Å²) in [5.41, 5.74) is 6.33. The van der Waals surface area contributed by atoms with Crippen LogP contribution in [0, 0.1) is 0 Å². The van der Waals surface area contributed by atoms with E-state index in [9.17, 15) is 4.79 Å². The second kappa shape index (κ2) is 3.58. The van der Waals surface area contributed by atoms with Gasteiger partial charge in [-0.25, -0.2) is 4.79 Å². The fraction of sp³-hybridized carbons (Fsp3) is 0.375. The van der Waals surface area contributed by atoms with Gasteiger partial charge in [0.15, 0.2) is 0 Å². The van der Waals surface area contributed by atoms with Crippen LogP contribution in [0.4, 0.5) is 5.69 Å². The summed E-state index contributed by atoms with van der Waals surface area (Å²) in [5, 5.41) is 0. The third-order valence-corrected chi connectivity index (χ3v) is 2.82. The van der Waals surface area contributed by atoms with Gasteiger partial charge in [0.25, 0.3) is 0 Å². The Hall–Kier alpha value is -1.03. The number of anilines is 1. The van der Waals surface area contributed by atoms with Gasteiger partial charge >= 0.3 is 5.97 Å². The first-order chi connectivity index (χ1) is 5.69. The van der Waals surface area contributed by atoms with Crippen LogP contribution in [-0.2, 0) is 11.2 Å². The van der Waals surface area contributed by atoms with E-state index in [1.54, 1.807) is 6.07 Å². The normalized spacial score (nSPS) is 9.83. The Kier molecular flexibility index (Phi) is 2.70. The van der Waals surface area contributed by atoms with E-state index in [4.69, 9.17) is 5.73 Å². The van der Waals surface area contributed by atoms with Crippen LogP contribution in [0.1, 0.15) is 21.5 Å². The number of thiophene rings is 1. The standard InChI is InChI=1S/C8H11NO2S/c1-3-6-5(9)4-7(12-6)8(10)11-2/h4H,3,9H2,1-2H3. The summed E-state index contributed by atoms with van der Waals surface area (Å²) < 4.78 is 4.57. The van der Waals surface area contributed by atoms with Crippen molar-refractivity contribution in [1.29, 1.82) is 0 Å². The predicted octanol–water partition coefficient (Wildman–Crippen LogP) is 1.68. The lowest BCUT2D eigenvalue weighted by atomic mass is 10.3. The van der Waals surface area contributed by atoms with Crippen molar-refractivity contribution in [2.75, 3.05) is 12.8 Å². The highest BCUT2D eigenvalue weighted by molar-refractivity contribution is 7.14. The van der Waals surface area contributed by atoms with E-state index in [-0.39, 0.29) is 5.97 Å². The van der Waals surface area contributed by atoms with E-state index in [0.717, 1.165) is 11.3 Å². The van der Waals surface area contributed by atoms with Crippen molar-refractivity contribution in [2.24, 2.45) is 0 Å². The maximum absolute atomic E-state index is 11.0. The zero-order valence-corrected chi connectivity index (χ0v) is 7.90. The first-order valence-corrected chi connectivity index (χ1v) is 4.47. The molecule has 0 atom stereocenters. The van der Waals surface area contributed by atoms with Gasteiger partial charge in [0.1, 0.15) is 4.88 Å². The van der Waals surface area contributed by atoms with Crippen LogP contribution >= 0.6 is 11.3 Å². The summed E-state index contributed by atoms with van der Waals surface area (Å²) >= 11 is 1.39. The Bertz CT molecular complexity index is 293. The minimum atomic E-state index is -0.314. The van der Waals surface area contributed by atoms with Gasteiger partial charge in [-0.05, 0) is 12.5 Å². The number of aryl methyl sites for hydroxylation is 1. The average Bonchev–Trinajstić information content (AvgIpc) is 2.45. The van der Waals surface area contributed by atoms with Gasteiger partial charge in [-0.1, -0.05) is 6.92 Å². The molecule has 0 radical (unpaired) electrons. The average molecular weight is 185 g/mol. The van der Waals surface area contributed by atoms with Crippen LogP contribution in [0.5, 0.6) is 0 Å². The van der Waals surface area contributed by atoms with E-state index in [2.05, 4.69) is 4.74 Å². The molecule has 0 aliphatic rings. The molecule has 1 heterocycles. The quantitative estimate of drug-likeness (QED) is 0.713. The zero-order chi connectivity index (χ0) is 9.14. The van der Waals surface area contributed by atoms with Crippen LogP contribution in [0.2, 0.25) is 0 Å². The molecule has 0 aliphatic heterocycles. The number of nitrogens with two attached hydrogens (primary N) is 1. The Morgan fingerprint density at radius 1 is 1.75 bits per heavy atom. The Labute approximate surface area is 75.1 Å². The fourth-order valence-corrected chi connectivity index (χ4v) is 1.86. The Morgan fingerprint density at radius 2 is 2.42 bits per heavy atom. The highest BCUT2D eigenvalue weighted by atomic mass is 32.1. The molecule has 66 valence electrons. The van der Waals surface area contributed by atoms with Crippen molar-refractivity contribution in [2.45, 2.75) is 13.3 Å². The molecule has 0 unspecified atom stereocenters. The van der Waals surface area contributed by atoms with Crippen LogP contribution in [-0.4, -0.2) is 13.1 Å². The summed E-state index contributed by atoms with van der Waals surface area (Å²) in [6.07, 6.45) is 0.855. The number of esters is 1. The zero-order valence-electron chi connectivity index (χ0n) is 7.09. The molecule has 12 heavy (non-hydrogen) atoms. The molecule has 3 nitrogen and oxygen atoms in total. The highest BCUT2D eigenvalue weighted by Crippen LogP contribution is 2.25. The smallest absolute Gasteiger partial charge is 0.348 e. The largest absolute Gasteiger partial charge is 0.465 e. The van der Waals surface area contributed by atoms with Gasteiger partial charge in [0.05, 0.1) is 7.11 Å². The van der Waals surface area contributed by atoms with Gasteiger partial charge < -0.3 is 10.5 Å². The van der Waals surface area contributed by atoms with Crippen molar-refractivity contribution in [3.05, 3.63) is 15.8 Å². The van der Waals surface area contributed by atoms with Crippen LogP contribution < -0.4 is 5.73 Å². The maximum atomic E-state index is 11.0. The molecule has 0 aliphatic carbocycles. The summed E-state index contributed by atoms with van der Waals surface area (Å²) in [6, 6.07) is 1.66. The lowest BCUT2D eigenvalue weighted by Gasteiger charge is -1.91. The monoisotopic (exact) mass is 185 g/mol. The van der Waals surface area contributed by atoms with Crippen molar-refractivity contribution in [1.82, 2.24) is 0 Å². The summed E-state index contributed by atoms with van der Waals surface area (Å²) in [7, 11) is 1.36. The van der Waals surface area contributed by atoms with Gasteiger partial charge in [-0.15, -0.1) is 11.3 Å². The third-order valence-electron chi connectivity index (χ3n) is 1.55. The van der Waals surface area contributed by atoms with Crippen molar-refractivity contribution < 1.29 is 9.53 Å². The molecule has 0 fully saturated rings. The highest BCUT2D eigenvalue weighted by Gasteiger charge is 2.11. The summed E-state index contributed by atoms with van der Waals surface area (Å²) in [5.74, 6) is -0.314. The second-order valence-electron chi connectivity index (χ2n) is 2.33. The van der Waals surface area contributed by atoms with Crippen LogP contribution in [0.3, 0.4) is 0 Å². The SMILES string of the molecule is CCc1sc(C(=O)OC)cc1N. The van der Waals surface area contributed by atoms with Crippen LogP contribution in [0.15, 0.2) is 6.07 Å². The van der Waals surface area contributed by atoms with Crippen LogP contribution in [0.25, 0.3) is 0 Å². The van der Waals surface area contributed by atoms with Gasteiger partial charge in [0.2, 0.25) is 0 Å². The molecule has 4 heteroatoms. The van der Waals surface area contributed by atoms with E-state index in [1.165, 1.54) is 18.4 Å². The number of rotatable bonds is 2. The molecule has 0 amide bonds. The maximum Gasteiger partial charge on any atom is 0.348 e. The molecule has 0 saturated heterocycles. The van der Waals surface area contributed by atoms with E-state index < -0.39 is 0 Å². The van der Waals surface area contributed by atoms with E-state index in [1.807, 2.05) is 6.92 Å².